The van der Waals surface area contributed by atoms with E-state index in [0.29, 0.717) is 19.0 Å². The van der Waals surface area contributed by atoms with Crippen LogP contribution in [-0.4, -0.2) is 37.5 Å². The first kappa shape index (κ1) is 12.2. The van der Waals surface area contributed by atoms with Gasteiger partial charge in [0.1, 0.15) is 0 Å². The average molecular weight is 232 g/mol. The minimum atomic E-state index is -2.23. The highest BCUT2D eigenvalue weighted by atomic mass is 19.3. The zero-order valence-electron chi connectivity index (χ0n) is 9.75. The van der Waals surface area contributed by atoms with Crippen LogP contribution in [-0.2, 0) is 0 Å². The summed E-state index contributed by atoms with van der Waals surface area (Å²) < 4.78 is 24.8. The number of fused-ring (bicyclic) bond motifs is 2. The average Bonchev–Trinajstić information content (AvgIpc) is 2.78. The van der Waals surface area contributed by atoms with E-state index < -0.39 is 6.43 Å². The van der Waals surface area contributed by atoms with Gasteiger partial charge < -0.3 is 5.73 Å². The maximum absolute atomic E-state index is 12.4. The van der Waals surface area contributed by atoms with E-state index >= 15 is 0 Å². The molecule has 3 unspecified atom stereocenters. The molecule has 2 N–H and O–H groups in total. The van der Waals surface area contributed by atoms with Crippen LogP contribution in [0.1, 0.15) is 25.7 Å². The summed E-state index contributed by atoms with van der Waals surface area (Å²) in [6.07, 6.45) is 3.06. The molecular weight excluding hydrogens is 210 g/mol. The van der Waals surface area contributed by atoms with Crippen molar-refractivity contribution in [2.45, 2.75) is 32.1 Å². The second kappa shape index (κ2) is 5.41. The highest BCUT2D eigenvalue weighted by Gasteiger charge is 2.39. The zero-order valence-corrected chi connectivity index (χ0v) is 9.75. The Morgan fingerprint density at radius 2 is 2.06 bits per heavy atom. The number of halogens is 2. The molecule has 0 aromatic carbocycles. The van der Waals surface area contributed by atoms with Crippen LogP contribution in [0.5, 0.6) is 0 Å². The van der Waals surface area contributed by atoms with Crippen LogP contribution in [0.2, 0.25) is 0 Å². The lowest BCUT2D eigenvalue weighted by atomic mass is 9.88. The van der Waals surface area contributed by atoms with Gasteiger partial charge in [0.15, 0.2) is 0 Å². The monoisotopic (exact) mass is 232 g/mol. The topological polar surface area (TPSA) is 29.3 Å². The van der Waals surface area contributed by atoms with Crippen molar-refractivity contribution < 1.29 is 8.78 Å². The second-order valence-electron chi connectivity index (χ2n) is 5.37. The van der Waals surface area contributed by atoms with Crippen LogP contribution in [0.25, 0.3) is 0 Å². The van der Waals surface area contributed by atoms with Crippen LogP contribution in [0.4, 0.5) is 8.78 Å². The van der Waals surface area contributed by atoms with Gasteiger partial charge in [-0.1, -0.05) is 6.42 Å². The molecule has 0 saturated heterocycles. The largest absolute Gasteiger partial charge is 0.329 e. The van der Waals surface area contributed by atoms with Gasteiger partial charge in [-0.25, -0.2) is 8.78 Å². The van der Waals surface area contributed by atoms with Crippen molar-refractivity contribution in [1.82, 2.24) is 4.90 Å². The Labute approximate surface area is 96.2 Å². The molecule has 3 atom stereocenters. The van der Waals surface area contributed by atoms with Crippen molar-refractivity contribution in [2.24, 2.45) is 23.5 Å². The van der Waals surface area contributed by atoms with E-state index in [1.165, 1.54) is 25.7 Å². The Morgan fingerprint density at radius 3 is 2.56 bits per heavy atom. The van der Waals surface area contributed by atoms with Gasteiger partial charge in [0, 0.05) is 19.6 Å². The van der Waals surface area contributed by atoms with E-state index in [4.69, 9.17) is 5.73 Å². The number of nitrogens with zero attached hydrogens (tertiary/aromatic N) is 1. The maximum atomic E-state index is 12.4. The molecule has 0 heterocycles. The molecule has 16 heavy (non-hydrogen) atoms. The Hall–Kier alpha value is -0.220. The van der Waals surface area contributed by atoms with Crippen molar-refractivity contribution in [1.29, 1.82) is 0 Å². The molecule has 2 nitrogen and oxygen atoms in total. The summed E-state index contributed by atoms with van der Waals surface area (Å²) in [7, 11) is 0. The van der Waals surface area contributed by atoms with Crippen LogP contribution < -0.4 is 5.73 Å². The molecular formula is C12H22F2N2. The molecule has 2 saturated carbocycles. The molecule has 4 heteroatoms. The summed E-state index contributed by atoms with van der Waals surface area (Å²) in [6, 6.07) is 0. The van der Waals surface area contributed by atoms with E-state index in [0.717, 1.165) is 18.4 Å². The molecule has 0 radical (unpaired) electrons. The van der Waals surface area contributed by atoms with E-state index in [1.807, 2.05) is 4.90 Å². The summed E-state index contributed by atoms with van der Waals surface area (Å²) >= 11 is 0. The lowest BCUT2D eigenvalue weighted by molar-refractivity contribution is 0.0753. The predicted octanol–water partition coefficient (Wildman–Crippen LogP) is 1.95. The van der Waals surface area contributed by atoms with Crippen molar-refractivity contribution >= 4 is 0 Å². The lowest BCUT2D eigenvalue weighted by Crippen LogP contribution is -2.38. The Morgan fingerprint density at radius 1 is 1.25 bits per heavy atom. The highest BCUT2D eigenvalue weighted by molar-refractivity contribution is 4.91. The highest BCUT2D eigenvalue weighted by Crippen LogP contribution is 2.48. The fraction of sp³-hybridized carbons (Fsp3) is 1.00. The van der Waals surface area contributed by atoms with Crippen LogP contribution in [0, 0.1) is 17.8 Å². The number of rotatable bonds is 6. The Kier molecular flexibility index (Phi) is 4.14. The molecule has 2 aliphatic rings. The molecule has 2 aliphatic carbocycles. The predicted molar refractivity (Wildman–Crippen MR) is 60.4 cm³/mol. The summed E-state index contributed by atoms with van der Waals surface area (Å²) in [4.78, 5) is 1.86. The molecule has 0 spiro atoms. The third-order valence-corrected chi connectivity index (χ3v) is 4.22. The second-order valence-corrected chi connectivity index (χ2v) is 5.37. The van der Waals surface area contributed by atoms with Gasteiger partial charge in [-0.3, -0.25) is 4.90 Å². The summed E-state index contributed by atoms with van der Waals surface area (Å²) in [6.45, 7) is 1.82. The number of hydrogen-bond donors (Lipinski definition) is 1. The molecule has 0 aliphatic heterocycles. The van der Waals surface area contributed by atoms with Crippen molar-refractivity contribution in [3.63, 3.8) is 0 Å². The number of hydrogen-bond acceptors (Lipinski definition) is 2. The smallest absolute Gasteiger partial charge is 0.251 e. The van der Waals surface area contributed by atoms with E-state index in [2.05, 4.69) is 0 Å². The van der Waals surface area contributed by atoms with Crippen molar-refractivity contribution in [2.75, 3.05) is 26.2 Å². The molecule has 94 valence electrons. The van der Waals surface area contributed by atoms with Gasteiger partial charge in [0.2, 0.25) is 0 Å². The third-order valence-electron chi connectivity index (χ3n) is 4.22. The third kappa shape index (κ3) is 2.92. The first-order valence-electron chi connectivity index (χ1n) is 6.39. The van der Waals surface area contributed by atoms with Crippen LogP contribution in [0.15, 0.2) is 0 Å². The fourth-order valence-corrected chi connectivity index (χ4v) is 3.57. The molecule has 2 fully saturated rings. The molecule has 0 aromatic rings. The normalized spacial score (nSPS) is 33.2. The Bertz CT molecular complexity index is 223. The number of alkyl halides is 2. The molecule has 0 amide bonds. The number of nitrogens with two attached hydrogens (primary N) is 1. The summed E-state index contributed by atoms with van der Waals surface area (Å²) in [5.41, 5.74) is 5.47. The quantitative estimate of drug-likeness (QED) is 0.758. The SMILES string of the molecule is NCCN(CC(F)F)CC1CC2CCC1C2. The minimum Gasteiger partial charge on any atom is -0.329 e. The van der Waals surface area contributed by atoms with Crippen molar-refractivity contribution in [3.8, 4) is 0 Å². The minimum absolute atomic E-state index is 0.106. The van der Waals surface area contributed by atoms with Gasteiger partial charge in [-0.15, -0.1) is 0 Å². The Balaban J connectivity index is 1.80. The zero-order chi connectivity index (χ0) is 11.5. The molecule has 0 aromatic heterocycles. The first-order valence-corrected chi connectivity index (χ1v) is 6.39. The van der Waals surface area contributed by atoms with Gasteiger partial charge in [0.25, 0.3) is 6.43 Å². The summed E-state index contributed by atoms with van der Waals surface area (Å²) in [5.74, 6) is 2.35. The van der Waals surface area contributed by atoms with E-state index in [9.17, 15) is 8.78 Å². The maximum Gasteiger partial charge on any atom is 0.251 e. The molecule has 2 bridgehead atoms. The van der Waals surface area contributed by atoms with Crippen molar-refractivity contribution in [3.05, 3.63) is 0 Å². The lowest BCUT2D eigenvalue weighted by Gasteiger charge is -2.29. The molecule has 2 rings (SSSR count). The van der Waals surface area contributed by atoms with E-state index in [-0.39, 0.29) is 6.54 Å². The van der Waals surface area contributed by atoms with Gasteiger partial charge in [-0.2, -0.15) is 0 Å². The van der Waals surface area contributed by atoms with Crippen LogP contribution in [0.3, 0.4) is 0 Å². The van der Waals surface area contributed by atoms with Gasteiger partial charge >= 0.3 is 0 Å². The summed E-state index contributed by atoms with van der Waals surface area (Å²) in [5, 5.41) is 0. The van der Waals surface area contributed by atoms with Gasteiger partial charge in [0.05, 0.1) is 6.54 Å². The fourth-order valence-electron chi connectivity index (χ4n) is 3.57. The first-order chi connectivity index (χ1) is 7.69. The standard InChI is InChI=1S/C12H22F2N2/c13-12(14)8-16(4-3-15)7-11-6-9-1-2-10(11)5-9/h9-12H,1-8,15H2. The van der Waals surface area contributed by atoms with Gasteiger partial charge in [-0.05, 0) is 37.0 Å². The van der Waals surface area contributed by atoms with E-state index in [1.54, 1.807) is 0 Å². The van der Waals surface area contributed by atoms with Crippen LogP contribution >= 0.6 is 0 Å².